The Bertz CT molecular complexity index is 99.4. The number of nitrogens with one attached hydrogen (secondary N) is 1. The Morgan fingerprint density at radius 2 is 1.90 bits per heavy atom. The summed E-state index contributed by atoms with van der Waals surface area (Å²) in [7, 11) is -0.248. The van der Waals surface area contributed by atoms with E-state index >= 15 is 0 Å². The molecule has 0 bridgehead atoms. The van der Waals surface area contributed by atoms with Crippen molar-refractivity contribution in [3.63, 3.8) is 0 Å². The molecule has 0 fully saturated rings. The Morgan fingerprint density at radius 1 is 1.40 bits per heavy atom. The zero-order valence-electron chi connectivity index (χ0n) is 7.44. The highest BCUT2D eigenvalue weighted by molar-refractivity contribution is 6.58. The van der Waals surface area contributed by atoms with Crippen molar-refractivity contribution in [1.29, 1.82) is 0 Å². The first kappa shape index (κ1) is 9.92. The molecule has 10 heavy (non-hydrogen) atoms. The lowest BCUT2D eigenvalue weighted by Gasteiger charge is -2.19. The molecule has 0 heterocycles. The molecule has 0 aliphatic carbocycles. The average Bonchev–Trinajstić information content (AvgIpc) is 1.81. The van der Waals surface area contributed by atoms with Crippen LogP contribution < -0.4 is 5.32 Å². The van der Waals surface area contributed by atoms with Gasteiger partial charge in [-0.1, -0.05) is 33.0 Å². The van der Waals surface area contributed by atoms with Crippen molar-refractivity contribution in [2.45, 2.75) is 38.6 Å². The SMILES string of the molecule is C=CC(NC(C)C)[Si](C)C. The Hall–Kier alpha value is -0.0831. The maximum absolute atomic E-state index is 3.80. The second-order valence-corrected chi connectivity index (χ2v) is 5.89. The molecule has 59 valence electrons. The van der Waals surface area contributed by atoms with Crippen LogP contribution in [-0.4, -0.2) is 20.5 Å². The molecule has 1 N–H and O–H groups in total. The van der Waals surface area contributed by atoms with E-state index in [1.165, 1.54) is 0 Å². The average molecular weight is 156 g/mol. The van der Waals surface area contributed by atoms with Gasteiger partial charge in [-0.3, -0.25) is 0 Å². The van der Waals surface area contributed by atoms with E-state index < -0.39 is 0 Å². The summed E-state index contributed by atoms with van der Waals surface area (Å²) in [4.78, 5) is 0. The van der Waals surface area contributed by atoms with E-state index in [9.17, 15) is 0 Å². The van der Waals surface area contributed by atoms with Gasteiger partial charge in [-0.25, -0.2) is 0 Å². The largest absolute Gasteiger partial charge is 0.311 e. The monoisotopic (exact) mass is 156 g/mol. The van der Waals surface area contributed by atoms with Crippen LogP contribution in [0.4, 0.5) is 0 Å². The summed E-state index contributed by atoms with van der Waals surface area (Å²) in [6.45, 7) is 12.7. The van der Waals surface area contributed by atoms with Crippen molar-refractivity contribution >= 4 is 8.80 Å². The molecule has 1 radical (unpaired) electrons. The Morgan fingerprint density at radius 3 is 2.00 bits per heavy atom. The van der Waals surface area contributed by atoms with Crippen molar-refractivity contribution in [2.75, 3.05) is 0 Å². The van der Waals surface area contributed by atoms with Gasteiger partial charge in [0.1, 0.15) is 0 Å². The molecule has 0 aromatic rings. The molecular formula is C8H18NSi. The summed E-state index contributed by atoms with van der Waals surface area (Å²) in [6, 6.07) is 0.572. The fourth-order valence-corrected chi connectivity index (χ4v) is 1.97. The van der Waals surface area contributed by atoms with Crippen LogP contribution in [0.25, 0.3) is 0 Å². The van der Waals surface area contributed by atoms with Crippen LogP contribution in [0.5, 0.6) is 0 Å². The van der Waals surface area contributed by atoms with Crippen molar-refractivity contribution in [2.24, 2.45) is 0 Å². The molecule has 0 rings (SSSR count). The van der Waals surface area contributed by atoms with E-state index in [2.05, 4.69) is 38.8 Å². The third-order valence-corrected chi connectivity index (χ3v) is 3.02. The third kappa shape index (κ3) is 3.85. The van der Waals surface area contributed by atoms with Gasteiger partial charge in [0.2, 0.25) is 0 Å². The molecule has 0 aromatic carbocycles. The van der Waals surface area contributed by atoms with Crippen LogP contribution >= 0.6 is 0 Å². The van der Waals surface area contributed by atoms with E-state index in [4.69, 9.17) is 0 Å². The first-order valence-corrected chi connectivity index (χ1v) is 6.34. The first-order chi connectivity index (χ1) is 4.57. The number of hydrogen-bond donors (Lipinski definition) is 1. The Labute approximate surface area is 66.1 Å². The van der Waals surface area contributed by atoms with Crippen molar-refractivity contribution in [3.05, 3.63) is 12.7 Å². The molecule has 0 saturated heterocycles. The summed E-state index contributed by atoms with van der Waals surface area (Å²) in [5.41, 5.74) is 0.560. The van der Waals surface area contributed by atoms with Crippen LogP contribution in [0.1, 0.15) is 13.8 Å². The minimum Gasteiger partial charge on any atom is -0.311 e. The van der Waals surface area contributed by atoms with Crippen molar-refractivity contribution in [1.82, 2.24) is 5.32 Å². The van der Waals surface area contributed by atoms with Crippen LogP contribution in [0, 0.1) is 0 Å². The van der Waals surface area contributed by atoms with Crippen LogP contribution in [-0.2, 0) is 0 Å². The third-order valence-electron chi connectivity index (χ3n) is 1.37. The quantitative estimate of drug-likeness (QED) is 0.484. The molecule has 0 aliphatic heterocycles. The highest BCUT2D eigenvalue weighted by Gasteiger charge is 2.10. The zero-order valence-corrected chi connectivity index (χ0v) is 8.44. The van der Waals surface area contributed by atoms with E-state index in [0.29, 0.717) is 11.7 Å². The Kier molecular flexibility index (Phi) is 4.65. The van der Waals surface area contributed by atoms with Gasteiger partial charge < -0.3 is 5.32 Å². The van der Waals surface area contributed by atoms with Gasteiger partial charge in [-0.15, -0.1) is 6.58 Å². The summed E-state index contributed by atoms with van der Waals surface area (Å²) in [5.74, 6) is 0. The zero-order chi connectivity index (χ0) is 8.15. The van der Waals surface area contributed by atoms with E-state index in [0.717, 1.165) is 0 Å². The highest BCUT2D eigenvalue weighted by Crippen LogP contribution is 1.94. The van der Waals surface area contributed by atoms with Gasteiger partial charge in [-0.2, -0.15) is 0 Å². The minimum atomic E-state index is -0.248. The fraction of sp³-hybridized carbons (Fsp3) is 0.750. The smallest absolute Gasteiger partial charge is 0.0675 e. The lowest BCUT2D eigenvalue weighted by atomic mass is 10.4. The van der Waals surface area contributed by atoms with Gasteiger partial charge in [0.15, 0.2) is 0 Å². The van der Waals surface area contributed by atoms with Gasteiger partial charge in [0.25, 0.3) is 0 Å². The van der Waals surface area contributed by atoms with Crippen molar-refractivity contribution in [3.8, 4) is 0 Å². The molecule has 0 saturated carbocycles. The summed E-state index contributed by atoms with van der Waals surface area (Å²) >= 11 is 0. The number of rotatable bonds is 4. The van der Waals surface area contributed by atoms with Crippen LogP contribution in [0.2, 0.25) is 13.1 Å². The van der Waals surface area contributed by atoms with E-state index in [1.54, 1.807) is 0 Å². The second-order valence-electron chi connectivity index (χ2n) is 3.11. The maximum Gasteiger partial charge on any atom is 0.0675 e. The fourth-order valence-electron chi connectivity index (χ4n) is 0.830. The lowest BCUT2D eigenvalue weighted by molar-refractivity contribution is 0.598. The number of hydrogen-bond acceptors (Lipinski definition) is 1. The molecule has 1 nitrogen and oxygen atoms in total. The van der Waals surface area contributed by atoms with Gasteiger partial charge >= 0.3 is 0 Å². The summed E-state index contributed by atoms with van der Waals surface area (Å²) in [6.07, 6.45) is 2.02. The Balaban J connectivity index is 3.71. The maximum atomic E-state index is 3.80. The lowest BCUT2D eigenvalue weighted by Crippen LogP contribution is -2.41. The van der Waals surface area contributed by atoms with Gasteiger partial charge in [0.05, 0.1) is 8.80 Å². The highest BCUT2D eigenvalue weighted by atomic mass is 28.3. The topological polar surface area (TPSA) is 12.0 Å². The van der Waals surface area contributed by atoms with E-state index in [-0.39, 0.29) is 8.80 Å². The normalized spacial score (nSPS) is 14.2. The van der Waals surface area contributed by atoms with Crippen LogP contribution in [0.3, 0.4) is 0 Å². The molecular weight excluding hydrogens is 138 g/mol. The molecule has 1 atom stereocenters. The van der Waals surface area contributed by atoms with Gasteiger partial charge in [0, 0.05) is 11.7 Å². The second kappa shape index (κ2) is 4.69. The summed E-state index contributed by atoms with van der Waals surface area (Å²) < 4.78 is 0. The predicted octanol–water partition coefficient (Wildman–Crippen LogP) is 1.83. The first-order valence-electron chi connectivity index (χ1n) is 3.76. The molecule has 0 aliphatic rings. The molecule has 0 amide bonds. The van der Waals surface area contributed by atoms with Crippen molar-refractivity contribution < 1.29 is 0 Å². The molecule has 2 heteroatoms. The molecule has 0 aromatic heterocycles. The van der Waals surface area contributed by atoms with Crippen LogP contribution in [0.15, 0.2) is 12.7 Å². The predicted molar refractivity (Wildman–Crippen MR) is 49.7 cm³/mol. The van der Waals surface area contributed by atoms with E-state index in [1.807, 2.05) is 6.08 Å². The minimum absolute atomic E-state index is 0.248. The molecule has 0 spiro atoms. The molecule has 1 unspecified atom stereocenters. The van der Waals surface area contributed by atoms with Gasteiger partial charge in [-0.05, 0) is 0 Å². The summed E-state index contributed by atoms with van der Waals surface area (Å²) in [5, 5.41) is 3.46. The standard InChI is InChI=1S/C8H18NSi/c1-6-8(10(4)5)9-7(2)3/h6-9H,1H2,2-5H3.